The molecule has 0 radical (unpaired) electrons. The van der Waals surface area contributed by atoms with E-state index in [4.69, 9.17) is 25.8 Å². The van der Waals surface area contributed by atoms with Crippen molar-refractivity contribution < 1.29 is 14.2 Å². The van der Waals surface area contributed by atoms with E-state index in [-0.39, 0.29) is 0 Å². The van der Waals surface area contributed by atoms with Crippen LogP contribution < -0.4 is 4.74 Å². The molecule has 0 bridgehead atoms. The van der Waals surface area contributed by atoms with Gasteiger partial charge >= 0.3 is 0 Å². The van der Waals surface area contributed by atoms with Gasteiger partial charge < -0.3 is 14.2 Å². The molecule has 190 valence electrons. The van der Waals surface area contributed by atoms with Gasteiger partial charge in [0, 0.05) is 5.88 Å². The summed E-state index contributed by atoms with van der Waals surface area (Å²) in [5, 5.41) is 0. The Balaban J connectivity index is 1.34. The lowest BCUT2D eigenvalue weighted by Crippen LogP contribution is -2.10. The maximum absolute atomic E-state index is 6.26. The van der Waals surface area contributed by atoms with Crippen molar-refractivity contribution in [1.82, 2.24) is 0 Å². The molecule has 0 aliphatic carbocycles. The Hall–Kier alpha value is -3.37. The first kappa shape index (κ1) is 26.7. The van der Waals surface area contributed by atoms with Crippen molar-refractivity contribution in [3.63, 3.8) is 0 Å². The molecule has 0 aliphatic rings. The van der Waals surface area contributed by atoms with E-state index in [0.717, 1.165) is 23.3 Å². The summed E-state index contributed by atoms with van der Waals surface area (Å²) in [4.78, 5) is 0. The largest absolute Gasteiger partial charge is 0.491 e. The molecule has 0 unspecified atom stereocenters. The van der Waals surface area contributed by atoms with Gasteiger partial charge in [-0.1, -0.05) is 103 Å². The topological polar surface area (TPSA) is 27.7 Å². The van der Waals surface area contributed by atoms with Gasteiger partial charge in [0.2, 0.25) is 0 Å². The van der Waals surface area contributed by atoms with Crippen molar-refractivity contribution in [3.8, 4) is 5.75 Å². The molecule has 37 heavy (non-hydrogen) atoms. The summed E-state index contributed by atoms with van der Waals surface area (Å²) in [5.41, 5.74) is 7.08. The van der Waals surface area contributed by atoms with Gasteiger partial charge in [-0.2, -0.15) is 0 Å². The fraction of sp³-hybridized carbons (Fsp3) is 0.212. The van der Waals surface area contributed by atoms with Crippen LogP contribution in [0.25, 0.3) is 11.1 Å². The second kappa shape index (κ2) is 15.0. The van der Waals surface area contributed by atoms with Crippen molar-refractivity contribution in [3.05, 3.63) is 138 Å². The van der Waals surface area contributed by atoms with E-state index >= 15 is 0 Å². The number of hydrogen-bond acceptors (Lipinski definition) is 3. The lowest BCUT2D eigenvalue weighted by molar-refractivity contribution is 0.0303. The number of halogens is 1. The first-order valence-electron chi connectivity index (χ1n) is 12.7. The lowest BCUT2D eigenvalue weighted by atomic mass is 9.88. The number of allylic oxidation sites excluding steroid dienone is 1. The number of alkyl halides is 1. The zero-order valence-electron chi connectivity index (χ0n) is 21.0. The third-order valence-corrected chi connectivity index (χ3v) is 6.14. The zero-order chi connectivity index (χ0) is 25.5. The van der Waals surface area contributed by atoms with E-state index in [9.17, 15) is 0 Å². The highest BCUT2D eigenvalue weighted by molar-refractivity contribution is 6.18. The Labute approximate surface area is 225 Å². The van der Waals surface area contributed by atoms with Crippen LogP contribution in [-0.2, 0) is 16.1 Å². The number of benzene rings is 4. The van der Waals surface area contributed by atoms with Crippen LogP contribution in [0.3, 0.4) is 0 Å². The van der Waals surface area contributed by atoms with E-state index in [1.54, 1.807) is 0 Å². The standard InChI is InChI=1S/C33H33ClO3/c34-21-20-32(28-12-6-2-7-13-28)33(29-14-8-3-9-15-29)30-16-18-31(19-17-30)37-25-24-35-22-23-36-26-27-10-4-1-5-11-27/h1-19H,20-26H2/b33-32-. The highest BCUT2D eigenvalue weighted by Crippen LogP contribution is 2.35. The van der Waals surface area contributed by atoms with Gasteiger partial charge in [-0.3, -0.25) is 0 Å². The monoisotopic (exact) mass is 512 g/mol. The molecule has 0 N–H and O–H groups in total. The molecule has 0 atom stereocenters. The minimum absolute atomic E-state index is 0.487. The predicted molar refractivity (Wildman–Crippen MR) is 153 cm³/mol. The molecule has 0 amide bonds. The average Bonchev–Trinajstić information content (AvgIpc) is 2.96. The quantitative estimate of drug-likeness (QED) is 0.0976. The molecule has 4 aromatic carbocycles. The van der Waals surface area contributed by atoms with Gasteiger partial charge in [0.15, 0.2) is 0 Å². The number of rotatable bonds is 14. The summed E-state index contributed by atoms with van der Waals surface area (Å²) in [5.74, 6) is 1.37. The van der Waals surface area contributed by atoms with Crippen molar-refractivity contribution >= 4 is 22.7 Å². The van der Waals surface area contributed by atoms with Crippen LogP contribution in [0.1, 0.15) is 28.7 Å². The number of hydrogen-bond donors (Lipinski definition) is 0. The number of ether oxygens (including phenoxy) is 3. The molecule has 4 heteroatoms. The third kappa shape index (κ3) is 8.33. The second-order valence-electron chi connectivity index (χ2n) is 8.55. The molecular weight excluding hydrogens is 480 g/mol. The Morgan fingerprint density at radius 3 is 1.73 bits per heavy atom. The SMILES string of the molecule is ClCC/C(=C(\c1ccccc1)c1ccc(OCCOCCOCc2ccccc2)cc1)c1ccccc1. The van der Waals surface area contributed by atoms with Crippen LogP contribution in [-0.4, -0.2) is 32.3 Å². The maximum atomic E-state index is 6.26. The van der Waals surface area contributed by atoms with Crippen molar-refractivity contribution in [2.24, 2.45) is 0 Å². The molecule has 0 saturated heterocycles. The first-order valence-corrected chi connectivity index (χ1v) is 13.2. The molecule has 0 aromatic heterocycles. The second-order valence-corrected chi connectivity index (χ2v) is 8.93. The lowest BCUT2D eigenvalue weighted by Gasteiger charge is -2.17. The Morgan fingerprint density at radius 1 is 0.541 bits per heavy atom. The third-order valence-electron chi connectivity index (χ3n) is 5.95. The van der Waals surface area contributed by atoms with Gasteiger partial charge in [0.05, 0.1) is 26.4 Å². The van der Waals surface area contributed by atoms with Crippen LogP contribution >= 0.6 is 11.6 Å². The summed E-state index contributed by atoms with van der Waals surface area (Å²) >= 11 is 6.26. The van der Waals surface area contributed by atoms with E-state index in [0.29, 0.717) is 38.9 Å². The van der Waals surface area contributed by atoms with E-state index in [1.165, 1.54) is 22.3 Å². The molecule has 0 saturated carbocycles. The van der Waals surface area contributed by atoms with Crippen molar-refractivity contribution in [2.45, 2.75) is 13.0 Å². The Morgan fingerprint density at radius 2 is 1.08 bits per heavy atom. The van der Waals surface area contributed by atoms with Gasteiger partial charge in [0.25, 0.3) is 0 Å². The Bertz CT molecular complexity index is 1210. The van der Waals surface area contributed by atoms with Gasteiger partial charge in [-0.05, 0) is 52.0 Å². The van der Waals surface area contributed by atoms with Gasteiger partial charge in [-0.15, -0.1) is 11.6 Å². The fourth-order valence-corrected chi connectivity index (χ4v) is 4.38. The van der Waals surface area contributed by atoms with Crippen LogP contribution in [0.15, 0.2) is 115 Å². The molecule has 0 fully saturated rings. The minimum Gasteiger partial charge on any atom is -0.491 e. The smallest absolute Gasteiger partial charge is 0.119 e. The van der Waals surface area contributed by atoms with Crippen molar-refractivity contribution in [2.75, 3.05) is 32.3 Å². The summed E-state index contributed by atoms with van der Waals surface area (Å²) in [6.07, 6.45) is 0.778. The zero-order valence-corrected chi connectivity index (χ0v) is 21.8. The summed E-state index contributed by atoms with van der Waals surface area (Å²) < 4.78 is 17.2. The van der Waals surface area contributed by atoms with Gasteiger partial charge in [-0.25, -0.2) is 0 Å². The van der Waals surface area contributed by atoms with Crippen LogP contribution in [0.5, 0.6) is 5.75 Å². The molecule has 4 rings (SSSR count). The summed E-state index contributed by atoms with van der Waals surface area (Å²) in [7, 11) is 0. The maximum Gasteiger partial charge on any atom is 0.119 e. The molecule has 4 aromatic rings. The Kier molecular flexibility index (Phi) is 10.8. The molecule has 3 nitrogen and oxygen atoms in total. The summed E-state index contributed by atoms with van der Waals surface area (Å²) in [6, 6.07) is 39.4. The molecule has 0 aliphatic heterocycles. The molecule has 0 spiro atoms. The van der Waals surface area contributed by atoms with Crippen molar-refractivity contribution in [1.29, 1.82) is 0 Å². The normalized spacial score (nSPS) is 11.7. The van der Waals surface area contributed by atoms with Crippen LogP contribution in [0.2, 0.25) is 0 Å². The predicted octanol–water partition coefficient (Wildman–Crippen LogP) is 7.89. The highest BCUT2D eigenvalue weighted by atomic mass is 35.5. The first-order chi connectivity index (χ1) is 18.3. The van der Waals surface area contributed by atoms with E-state index in [2.05, 4.69) is 72.8 Å². The van der Waals surface area contributed by atoms with Crippen LogP contribution in [0.4, 0.5) is 0 Å². The fourth-order valence-electron chi connectivity index (χ4n) is 4.19. The average molecular weight is 513 g/mol. The molecular formula is C33H33ClO3. The van der Waals surface area contributed by atoms with Gasteiger partial charge in [0.1, 0.15) is 12.4 Å². The minimum atomic E-state index is 0.487. The summed E-state index contributed by atoms with van der Waals surface area (Å²) in [6.45, 7) is 2.71. The molecule has 0 heterocycles. The highest BCUT2D eigenvalue weighted by Gasteiger charge is 2.14. The van der Waals surface area contributed by atoms with Crippen LogP contribution in [0, 0.1) is 0 Å². The van der Waals surface area contributed by atoms with E-state index in [1.807, 2.05) is 42.5 Å². The van der Waals surface area contributed by atoms with E-state index < -0.39 is 0 Å².